The zero-order chi connectivity index (χ0) is 21.3. The number of hydrogen-bond donors (Lipinski definition) is 2. The van der Waals surface area contributed by atoms with E-state index in [9.17, 15) is 9.59 Å². The molecule has 2 aromatic carbocycles. The Bertz CT molecular complexity index is 1100. The molecule has 5 nitrogen and oxygen atoms in total. The summed E-state index contributed by atoms with van der Waals surface area (Å²) in [5.74, 6) is -0.224. The lowest BCUT2D eigenvalue weighted by Crippen LogP contribution is -2.52. The molecule has 2 N–H and O–H groups in total. The van der Waals surface area contributed by atoms with Gasteiger partial charge >= 0.3 is 0 Å². The number of benzene rings is 2. The minimum atomic E-state index is -0.544. The van der Waals surface area contributed by atoms with Crippen molar-refractivity contribution in [3.8, 4) is 0 Å². The van der Waals surface area contributed by atoms with E-state index in [1.165, 1.54) is 4.70 Å². The van der Waals surface area contributed by atoms with Crippen molar-refractivity contribution in [3.05, 3.63) is 63.4 Å². The van der Waals surface area contributed by atoms with Crippen LogP contribution < -0.4 is 15.5 Å². The molecule has 0 saturated carbocycles. The van der Waals surface area contributed by atoms with Gasteiger partial charge in [0.15, 0.2) is 0 Å². The second-order valence-electron chi connectivity index (χ2n) is 7.56. The van der Waals surface area contributed by atoms with Gasteiger partial charge in [-0.3, -0.25) is 9.59 Å². The maximum atomic E-state index is 13.6. The number of fused-ring (bicyclic) bond motifs is 2. The van der Waals surface area contributed by atoms with Crippen molar-refractivity contribution in [3.63, 3.8) is 0 Å². The molecule has 0 fully saturated rings. The Labute approximate surface area is 188 Å². The van der Waals surface area contributed by atoms with Gasteiger partial charge in [-0.05, 0) is 73.0 Å². The second-order valence-corrected chi connectivity index (χ2v) is 9.39. The second kappa shape index (κ2) is 8.88. The molecule has 1 aromatic heterocycles. The first-order valence-corrected chi connectivity index (χ1v) is 11.7. The molecule has 0 spiro atoms. The zero-order valence-electron chi connectivity index (χ0n) is 16.9. The molecule has 4 rings (SSSR count). The third-order valence-electron chi connectivity index (χ3n) is 5.64. The summed E-state index contributed by atoms with van der Waals surface area (Å²) in [4.78, 5) is 27.9. The number of carbonyl (C=O) groups excluding carboxylic acids is 2. The van der Waals surface area contributed by atoms with Crippen molar-refractivity contribution in [2.75, 3.05) is 11.9 Å². The van der Waals surface area contributed by atoms with Crippen molar-refractivity contribution >= 4 is 54.9 Å². The Balaban J connectivity index is 1.69. The van der Waals surface area contributed by atoms with E-state index >= 15 is 0 Å². The maximum Gasteiger partial charge on any atom is 0.249 e. The summed E-state index contributed by atoms with van der Waals surface area (Å²) in [5.41, 5.74) is 3.16. The Morgan fingerprint density at radius 1 is 1.30 bits per heavy atom. The summed E-state index contributed by atoms with van der Waals surface area (Å²) in [7, 11) is 1.74. The molecular formula is C23H24BrN3O2S. The molecule has 0 aliphatic carbocycles. The largest absolute Gasteiger partial charge is 0.343 e. The van der Waals surface area contributed by atoms with Gasteiger partial charge in [0.1, 0.15) is 6.04 Å². The lowest BCUT2D eigenvalue weighted by Gasteiger charge is -2.27. The highest BCUT2D eigenvalue weighted by molar-refractivity contribution is 9.10. The number of aryl methyl sites for hydroxylation is 1. The molecular weight excluding hydrogens is 462 g/mol. The van der Waals surface area contributed by atoms with Crippen LogP contribution in [0.4, 0.5) is 5.69 Å². The molecule has 0 radical (unpaired) electrons. The molecule has 7 heteroatoms. The Morgan fingerprint density at radius 2 is 2.10 bits per heavy atom. The Hall–Kier alpha value is -2.22. The standard InChI is InChI=1S/C23H24BrN3O2S/c1-14(25-2)22(28)26-19-9-7-15-5-3-4-6-20(15)27(23(19)29)12-16-13-30-21-10-8-17(24)11-18(16)21/h3-6,8,10-11,13-14,19,25H,7,9,12H2,1-2H3,(H,26,28). The fourth-order valence-corrected chi connectivity index (χ4v) is 5.08. The van der Waals surface area contributed by atoms with Crippen molar-refractivity contribution < 1.29 is 9.59 Å². The number of thiophene rings is 1. The summed E-state index contributed by atoms with van der Waals surface area (Å²) in [5, 5.41) is 9.15. The van der Waals surface area contributed by atoms with Crippen LogP contribution in [0.15, 0.2) is 52.3 Å². The van der Waals surface area contributed by atoms with Gasteiger partial charge in [0.2, 0.25) is 11.8 Å². The fraction of sp³-hybridized carbons (Fsp3) is 0.304. The first kappa shape index (κ1) is 21.0. The van der Waals surface area contributed by atoms with E-state index in [4.69, 9.17) is 0 Å². The van der Waals surface area contributed by atoms with Crippen LogP contribution in [0.3, 0.4) is 0 Å². The molecule has 2 atom stereocenters. The normalized spacial score (nSPS) is 17.5. The monoisotopic (exact) mass is 485 g/mol. The van der Waals surface area contributed by atoms with E-state index in [0.29, 0.717) is 13.0 Å². The van der Waals surface area contributed by atoms with E-state index in [1.54, 1.807) is 25.3 Å². The molecule has 156 valence electrons. The number of nitrogens with zero attached hydrogens (tertiary/aromatic N) is 1. The molecule has 1 aliphatic rings. The number of nitrogens with one attached hydrogen (secondary N) is 2. The number of anilines is 1. The molecule has 0 bridgehead atoms. The number of hydrogen-bond acceptors (Lipinski definition) is 4. The van der Waals surface area contributed by atoms with Crippen molar-refractivity contribution in [2.24, 2.45) is 0 Å². The van der Waals surface area contributed by atoms with E-state index in [0.717, 1.165) is 33.1 Å². The Morgan fingerprint density at radius 3 is 2.90 bits per heavy atom. The van der Waals surface area contributed by atoms with Gasteiger partial charge in [-0.1, -0.05) is 34.1 Å². The summed E-state index contributed by atoms with van der Waals surface area (Å²) >= 11 is 5.23. The molecule has 2 heterocycles. The van der Waals surface area contributed by atoms with Crippen molar-refractivity contribution in [1.29, 1.82) is 0 Å². The first-order valence-electron chi connectivity index (χ1n) is 10.0. The summed E-state index contributed by atoms with van der Waals surface area (Å²) in [6.45, 7) is 2.26. The van der Waals surface area contributed by atoms with Crippen molar-refractivity contribution in [2.45, 2.75) is 38.4 Å². The first-order chi connectivity index (χ1) is 14.5. The highest BCUT2D eigenvalue weighted by atomic mass is 79.9. The van der Waals surface area contributed by atoms with Crippen LogP contribution in [-0.4, -0.2) is 30.9 Å². The van der Waals surface area contributed by atoms with Gasteiger partial charge in [0.25, 0.3) is 0 Å². The van der Waals surface area contributed by atoms with Crippen LogP contribution in [0.1, 0.15) is 24.5 Å². The van der Waals surface area contributed by atoms with Crippen LogP contribution in [0.5, 0.6) is 0 Å². The molecule has 3 aromatic rings. The average molecular weight is 486 g/mol. The van der Waals surface area contributed by atoms with Crippen LogP contribution >= 0.6 is 27.3 Å². The van der Waals surface area contributed by atoms with E-state index in [1.807, 2.05) is 29.2 Å². The lowest BCUT2D eigenvalue weighted by molar-refractivity contribution is -0.128. The Kier molecular flexibility index (Phi) is 6.22. The summed E-state index contributed by atoms with van der Waals surface area (Å²) in [6, 6.07) is 13.4. The molecule has 0 saturated heterocycles. The predicted molar refractivity (Wildman–Crippen MR) is 126 cm³/mol. The minimum Gasteiger partial charge on any atom is -0.343 e. The molecule has 30 heavy (non-hydrogen) atoms. The SMILES string of the molecule is CNC(C)C(=O)NC1CCc2ccccc2N(Cc2csc3ccc(Br)cc23)C1=O. The number of para-hydroxylation sites is 1. The van der Waals surface area contributed by atoms with E-state index in [2.05, 4.69) is 50.1 Å². The number of carbonyl (C=O) groups is 2. The third-order valence-corrected chi connectivity index (χ3v) is 7.14. The number of likely N-dealkylation sites (N-methyl/N-ethyl adjacent to an activating group) is 1. The van der Waals surface area contributed by atoms with Gasteiger partial charge in [0.05, 0.1) is 12.6 Å². The lowest BCUT2D eigenvalue weighted by atomic mass is 10.1. The molecule has 1 aliphatic heterocycles. The van der Waals surface area contributed by atoms with Crippen LogP contribution in [0.25, 0.3) is 10.1 Å². The minimum absolute atomic E-state index is 0.0639. The number of amides is 2. The van der Waals surface area contributed by atoms with E-state index < -0.39 is 6.04 Å². The maximum absolute atomic E-state index is 13.6. The fourth-order valence-electron chi connectivity index (χ4n) is 3.79. The van der Waals surface area contributed by atoms with Gasteiger partial charge in [0, 0.05) is 14.9 Å². The third kappa shape index (κ3) is 4.15. The van der Waals surface area contributed by atoms with Crippen LogP contribution in [0.2, 0.25) is 0 Å². The van der Waals surface area contributed by atoms with Gasteiger partial charge in [-0.25, -0.2) is 0 Å². The van der Waals surface area contributed by atoms with E-state index in [-0.39, 0.29) is 17.9 Å². The smallest absolute Gasteiger partial charge is 0.249 e. The van der Waals surface area contributed by atoms with Crippen LogP contribution in [-0.2, 0) is 22.6 Å². The summed E-state index contributed by atoms with van der Waals surface area (Å²) < 4.78 is 2.21. The van der Waals surface area contributed by atoms with Crippen molar-refractivity contribution in [1.82, 2.24) is 10.6 Å². The number of halogens is 1. The number of rotatable bonds is 5. The topological polar surface area (TPSA) is 61.4 Å². The average Bonchev–Trinajstić information content (AvgIpc) is 3.10. The highest BCUT2D eigenvalue weighted by Crippen LogP contribution is 2.33. The van der Waals surface area contributed by atoms with Gasteiger partial charge < -0.3 is 15.5 Å². The molecule has 2 unspecified atom stereocenters. The van der Waals surface area contributed by atoms with Gasteiger partial charge in [-0.15, -0.1) is 11.3 Å². The molecule has 2 amide bonds. The highest BCUT2D eigenvalue weighted by Gasteiger charge is 2.32. The quantitative estimate of drug-likeness (QED) is 0.568. The predicted octanol–water partition coefficient (Wildman–Crippen LogP) is 4.24. The van der Waals surface area contributed by atoms with Gasteiger partial charge in [-0.2, -0.15) is 0 Å². The van der Waals surface area contributed by atoms with Crippen LogP contribution in [0, 0.1) is 0 Å². The zero-order valence-corrected chi connectivity index (χ0v) is 19.3. The summed E-state index contributed by atoms with van der Waals surface area (Å²) in [6.07, 6.45) is 1.33.